The van der Waals surface area contributed by atoms with Crippen LogP contribution in [0.25, 0.3) is 0 Å². The van der Waals surface area contributed by atoms with E-state index in [1.165, 1.54) is 15.3 Å². The van der Waals surface area contributed by atoms with Crippen LogP contribution in [-0.4, -0.2) is 10.9 Å². The van der Waals surface area contributed by atoms with Crippen molar-refractivity contribution in [3.8, 4) is 0 Å². The molecule has 2 aromatic rings. The maximum atomic E-state index is 12.4. The first-order chi connectivity index (χ1) is 9.90. The second kappa shape index (κ2) is 6.26. The zero-order valence-corrected chi connectivity index (χ0v) is 13.7. The molecule has 0 bridgehead atoms. The molecule has 0 aliphatic heterocycles. The summed E-state index contributed by atoms with van der Waals surface area (Å²) in [5.74, 6) is 0.268. The van der Waals surface area contributed by atoms with Gasteiger partial charge in [-0.1, -0.05) is 6.92 Å². The standard InChI is InChI=1S/C16H21N3OS/c1-5-13-7-12(8-15(17)19-13)16(20)18-10(3)14-6-9(2)21-11(14)4/h6-8,10H,5H2,1-4H3,(H2,17,19)(H,18,20). The number of nitrogen functional groups attached to an aromatic ring is 1. The van der Waals surface area contributed by atoms with E-state index in [2.05, 4.69) is 30.2 Å². The van der Waals surface area contributed by atoms with Crippen molar-refractivity contribution in [2.45, 2.75) is 40.2 Å². The lowest BCUT2D eigenvalue weighted by molar-refractivity contribution is 0.0939. The molecule has 0 aliphatic carbocycles. The molecule has 0 spiro atoms. The predicted octanol–water partition coefficient (Wildman–Crippen LogP) is 3.40. The third-order valence-corrected chi connectivity index (χ3v) is 4.40. The summed E-state index contributed by atoms with van der Waals surface area (Å²) >= 11 is 1.75. The van der Waals surface area contributed by atoms with Gasteiger partial charge in [0.1, 0.15) is 5.82 Å². The number of aryl methyl sites for hydroxylation is 3. The molecule has 0 fully saturated rings. The summed E-state index contributed by atoms with van der Waals surface area (Å²) in [4.78, 5) is 19.1. The van der Waals surface area contributed by atoms with Crippen molar-refractivity contribution in [2.75, 3.05) is 5.73 Å². The van der Waals surface area contributed by atoms with E-state index in [1.807, 2.05) is 13.8 Å². The molecule has 0 radical (unpaired) electrons. The van der Waals surface area contributed by atoms with Crippen LogP contribution in [0, 0.1) is 13.8 Å². The maximum Gasteiger partial charge on any atom is 0.251 e. The van der Waals surface area contributed by atoms with Gasteiger partial charge >= 0.3 is 0 Å². The zero-order chi connectivity index (χ0) is 15.6. The summed E-state index contributed by atoms with van der Waals surface area (Å²) in [5, 5.41) is 3.03. The third-order valence-electron chi connectivity index (χ3n) is 3.42. The molecule has 5 heteroatoms. The molecule has 4 nitrogen and oxygen atoms in total. The minimum atomic E-state index is -0.116. The first-order valence-corrected chi connectivity index (χ1v) is 7.86. The number of nitrogens with two attached hydrogens (primary N) is 1. The number of carbonyl (C=O) groups excluding carboxylic acids is 1. The first kappa shape index (κ1) is 15.5. The molecule has 2 rings (SSSR count). The van der Waals surface area contributed by atoms with Crippen molar-refractivity contribution in [2.24, 2.45) is 0 Å². The van der Waals surface area contributed by atoms with Crippen LogP contribution in [0.15, 0.2) is 18.2 Å². The number of nitrogens with zero attached hydrogens (tertiary/aromatic N) is 1. The van der Waals surface area contributed by atoms with E-state index in [9.17, 15) is 4.79 Å². The average Bonchev–Trinajstić information content (AvgIpc) is 2.76. The largest absolute Gasteiger partial charge is 0.384 e. The Morgan fingerprint density at radius 3 is 2.67 bits per heavy atom. The Labute approximate surface area is 129 Å². The fourth-order valence-electron chi connectivity index (χ4n) is 2.36. The molecule has 1 unspecified atom stereocenters. The lowest BCUT2D eigenvalue weighted by atomic mass is 10.1. The topological polar surface area (TPSA) is 68.0 Å². The van der Waals surface area contributed by atoms with Gasteiger partial charge in [-0.15, -0.1) is 11.3 Å². The van der Waals surface area contributed by atoms with Crippen LogP contribution >= 0.6 is 11.3 Å². The molecule has 0 aromatic carbocycles. The molecule has 0 aliphatic rings. The van der Waals surface area contributed by atoms with E-state index in [-0.39, 0.29) is 11.9 Å². The molecule has 0 saturated carbocycles. The highest BCUT2D eigenvalue weighted by Gasteiger charge is 2.16. The van der Waals surface area contributed by atoms with Crippen LogP contribution in [0.5, 0.6) is 0 Å². The van der Waals surface area contributed by atoms with Crippen molar-refractivity contribution < 1.29 is 4.79 Å². The smallest absolute Gasteiger partial charge is 0.251 e. The Bertz CT molecular complexity index is 664. The van der Waals surface area contributed by atoms with Crippen LogP contribution in [0.4, 0.5) is 5.82 Å². The fourth-order valence-corrected chi connectivity index (χ4v) is 3.38. The number of pyridine rings is 1. The molecule has 21 heavy (non-hydrogen) atoms. The van der Waals surface area contributed by atoms with Crippen LogP contribution < -0.4 is 11.1 Å². The van der Waals surface area contributed by atoms with E-state index in [0.717, 1.165) is 12.1 Å². The van der Waals surface area contributed by atoms with Gasteiger partial charge in [0, 0.05) is 21.0 Å². The Hall–Kier alpha value is -1.88. The van der Waals surface area contributed by atoms with Crippen molar-refractivity contribution in [3.63, 3.8) is 0 Å². The number of aromatic nitrogens is 1. The van der Waals surface area contributed by atoms with Crippen LogP contribution in [-0.2, 0) is 6.42 Å². The van der Waals surface area contributed by atoms with Crippen molar-refractivity contribution in [3.05, 3.63) is 44.8 Å². The SMILES string of the molecule is CCc1cc(C(=O)NC(C)c2cc(C)sc2C)cc(N)n1. The number of amides is 1. The van der Waals surface area contributed by atoms with E-state index in [4.69, 9.17) is 5.73 Å². The lowest BCUT2D eigenvalue weighted by Crippen LogP contribution is -2.27. The van der Waals surface area contributed by atoms with Gasteiger partial charge in [-0.05, 0) is 51.0 Å². The fraction of sp³-hybridized carbons (Fsp3) is 0.375. The second-order valence-corrected chi connectivity index (χ2v) is 6.65. The van der Waals surface area contributed by atoms with Crippen molar-refractivity contribution in [1.82, 2.24) is 10.3 Å². The Balaban J connectivity index is 2.18. The van der Waals surface area contributed by atoms with Gasteiger partial charge in [0.2, 0.25) is 0 Å². The zero-order valence-electron chi connectivity index (χ0n) is 12.9. The minimum absolute atomic E-state index is 0.0260. The van der Waals surface area contributed by atoms with Gasteiger partial charge in [0.05, 0.1) is 6.04 Å². The quantitative estimate of drug-likeness (QED) is 0.909. The predicted molar refractivity (Wildman–Crippen MR) is 87.7 cm³/mol. The number of carbonyl (C=O) groups is 1. The molecule has 2 heterocycles. The minimum Gasteiger partial charge on any atom is -0.384 e. The summed E-state index contributed by atoms with van der Waals surface area (Å²) in [6, 6.07) is 5.52. The Morgan fingerprint density at radius 1 is 1.38 bits per heavy atom. The molecule has 2 aromatic heterocycles. The summed E-state index contributed by atoms with van der Waals surface area (Å²) in [5.41, 5.74) is 8.32. The highest BCUT2D eigenvalue weighted by Crippen LogP contribution is 2.26. The molecular weight excluding hydrogens is 282 g/mol. The number of anilines is 1. The van der Waals surface area contributed by atoms with E-state index < -0.39 is 0 Å². The molecule has 1 amide bonds. The van der Waals surface area contributed by atoms with Gasteiger partial charge in [0.15, 0.2) is 0 Å². The summed E-state index contributed by atoms with van der Waals surface area (Å²) in [7, 11) is 0. The Morgan fingerprint density at radius 2 is 2.10 bits per heavy atom. The number of hydrogen-bond donors (Lipinski definition) is 2. The van der Waals surface area contributed by atoms with Gasteiger partial charge < -0.3 is 11.1 Å². The van der Waals surface area contributed by atoms with Crippen molar-refractivity contribution >= 4 is 23.1 Å². The molecule has 112 valence electrons. The number of rotatable bonds is 4. The maximum absolute atomic E-state index is 12.4. The van der Waals surface area contributed by atoms with Gasteiger partial charge in [-0.25, -0.2) is 4.98 Å². The molecule has 1 atom stereocenters. The Kier molecular flexibility index (Phi) is 4.63. The second-order valence-electron chi connectivity index (χ2n) is 5.19. The van der Waals surface area contributed by atoms with E-state index in [0.29, 0.717) is 11.4 Å². The van der Waals surface area contributed by atoms with Crippen LogP contribution in [0.2, 0.25) is 0 Å². The highest BCUT2D eigenvalue weighted by molar-refractivity contribution is 7.12. The highest BCUT2D eigenvalue weighted by atomic mass is 32.1. The average molecular weight is 303 g/mol. The number of nitrogens with one attached hydrogen (secondary N) is 1. The van der Waals surface area contributed by atoms with Crippen LogP contribution in [0.3, 0.4) is 0 Å². The van der Waals surface area contributed by atoms with Crippen molar-refractivity contribution in [1.29, 1.82) is 0 Å². The lowest BCUT2D eigenvalue weighted by Gasteiger charge is -2.14. The number of thiophene rings is 1. The van der Waals surface area contributed by atoms with E-state index >= 15 is 0 Å². The van der Waals surface area contributed by atoms with Gasteiger partial charge in [0.25, 0.3) is 5.91 Å². The molecule has 3 N–H and O–H groups in total. The monoisotopic (exact) mass is 303 g/mol. The van der Waals surface area contributed by atoms with Gasteiger partial charge in [-0.2, -0.15) is 0 Å². The van der Waals surface area contributed by atoms with Gasteiger partial charge in [-0.3, -0.25) is 4.79 Å². The first-order valence-electron chi connectivity index (χ1n) is 7.05. The number of hydrogen-bond acceptors (Lipinski definition) is 4. The summed E-state index contributed by atoms with van der Waals surface area (Å²) < 4.78 is 0. The summed E-state index contributed by atoms with van der Waals surface area (Å²) in [6.07, 6.45) is 0.754. The third kappa shape index (κ3) is 3.61. The van der Waals surface area contributed by atoms with E-state index in [1.54, 1.807) is 23.5 Å². The normalized spacial score (nSPS) is 12.2. The molecule has 0 saturated heterocycles. The van der Waals surface area contributed by atoms with Crippen LogP contribution in [0.1, 0.15) is 51.3 Å². The summed E-state index contributed by atoms with van der Waals surface area (Å²) in [6.45, 7) is 8.14. The molecular formula is C16H21N3OS.